The molecule has 1 heterocycles. The number of nitrogens with zero attached hydrogens (tertiary/aromatic N) is 3. The number of nitrogens with one attached hydrogen (secondary N) is 2. The van der Waals surface area contributed by atoms with Crippen molar-refractivity contribution in [2.24, 2.45) is 10.9 Å². The molecule has 0 aromatic heterocycles. The maximum atomic E-state index is 13.0. The van der Waals surface area contributed by atoms with Crippen LogP contribution in [0.2, 0.25) is 0 Å². The minimum absolute atomic E-state index is 0.190. The first kappa shape index (κ1) is 20.6. The maximum absolute atomic E-state index is 13.0. The zero-order chi connectivity index (χ0) is 19.1. The molecule has 146 valence electrons. The summed E-state index contributed by atoms with van der Waals surface area (Å²) in [6.07, 6.45) is 0. The average molecular weight is 364 g/mol. The smallest absolute Gasteiger partial charge is 0.191 e. The van der Waals surface area contributed by atoms with E-state index in [0.717, 1.165) is 44.2 Å². The van der Waals surface area contributed by atoms with Crippen molar-refractivity contribution < 1.29 is 4.39 Å². The van der Waals surface area contributed by atoms with Gasteiger partial charge in [0, 0.05) is 51.9 Å². The van der Waals surface area contributed by atoms with Crippen LogP contribution < -0.4 is 10.6 Å². The van der Waals surface area contributed by atoms with Crippen LogP contribution in [0.25, 0.3) is 0 Å². The summed E-state index contributed by atoms with van der Waals surface area (Å²) in [5.74, 6) is 1.28. The van der Waals surface area contributed by atoms with Gasteiger partial charge in [-0.25, -0.2) is 4.39 Å². The monoisotopic (exact) mass is 363 g/mol. The molecule has 0 saturated carbocycles. The van der Waals surface area contributed by atoms with Gasteiger partial charge in [-0.2, -0.15) is 0 Å². The number of likely N-dealkylation sites (tertiary alicyclic amines) is 1. The maximum Gasteiger partial charge on any atom is 0.191 e. The molecule has 26 heavy (non-hydrogen) atoms. The molecule has 0 amide bonds. The fourth-order valence-corrected chi connectivity index (χ4v) is 3.33. The molecule has 1 aromatic carbocycles. The van der Waals surface area contributed by atoms with E-state index in [1.54, 1.807) is 0 Å². The molecule has 1 aliphatic heterocycles. The quantitative estimate of drug-likeness (QED) is 0.575. The summed E-state index contributed by atoms with van der Waals surface area (Å²) >= 11 is 0. The van der Waals surface area contributed by atoms with E-state index in [2.05, 4.69) is 53.2 Å². The van der Waals surface area contributed by atoms with Crippen LogP contribution in [-0.4, -0.2) is 68.1 Å². The Balaban J connectivity index is 1.72. The van der Waals surface area contributed by atoms with Crippen LogP contribution in [-0.2, 0) is 6.54 Å². The molecule has 2 rings (SSSR count). The number of halogens is 1. The summed E-state index contributed by atoms with van der Waals surface area (Å²) in [5, 5.41) is 6.97. The van der Waals surface area contributed by atoms with E-state index in [1.165, 1.54) is 12.1 Å². The van der Waals surface area contributed by atoms with Gasteiger partial charge in [0.2, 0.25) is 0 Å². The van der Waals surface area contributed by atoms with E-state index < -0.39 is 0 Å². The third kappa shape index (κ3) is 6.25. The second kappa shape index (κ2) is 9.88. The van der Waals surface area contributed by atoms with Gasteiger partial charge < -0.3 is 15.5 Å². The summed E-state index contributed by atoms with van der Waals surface area (Å²) in [6.45, 7) is 11.5. The number of hydrogen-bond donors (Lipinski definition) is 2. The topological polar surface area (TPSA) is 42.9 Å². The number of guanidine groups is 1. The highest BCUT2D eigenvalue weighted by Gasteiger charge is 2.31. The number of hydrogen-bond acceptors (Lipinski definition) is 3. The zero-order valence-corrected chi connectivity index (χ0v) is 16.8. The highest BCUT2D eigenvalue weighted by atomic mass is 19.1. The van der Waals surface area contributed by atoms with E-state index >= 15 is 0 Å². The summed E-state index contributed by atoms with van der Waals surface area (Å²) in [4.78, 5) is 9.08. The van der Waals surface area contributed by atoms with Gasteiger partial charge in [-0.05, 0) is 44.5 Å². The molecule has 0 radical (unpaired) electrons. The largest absolute Gasteiger partial charge is 0.355 e. The van der Waals surface area contributed by atoms with Crippen LogP contribution in [0.5, 0.6) is 0 Å². The van der Waals surface area contributed by atoms with E-state index in [9.17, 15) is 4.39 Å². The lowest BCUT2D eigenvalue weighted by Crippen LogP contribution is -2.48. The highest BCUT2D eigenvalue weighted by molar-refractivity contribution is 5.80. The molecule has 1 aliphatic rings. The normalized spacial score (nSPS) is 21.6. The number of likely N-dealkylation sites (N-methyl/N-ethyl adjacent to an activating group) is 1. The van der Waals surface area contributed by atoms with E-state index in [1.807, 2.05) is 19.2 Å². The average Bonchev–Trinajstić information content (AvgIpc) is 2.97. The third-order valence-corrected chi connectivity index (χ3v) is 5.07. The molecule has 0 spiro atoms. The second-order valence-corrected chi connectivity index (χ2v) is 7.64. The Morgan fingerprint density at radius 2 is 2.00 bits per heavy atom. The first-order valence-corrected chi connectivity index (χ1v) is 9.53. The third-order valence-electron chi connectivity index (χ3n) is 5.07. The second-order valence-electron chi connectivity index (χ2n) is 7.64. The fourth-order valence-electron chi connectivity index (χ4n) is 3.33. The zero-order valence-electron chi connectivity index (χ0n) is 16.8. The molecular weight excluding hydrogens is 329 g/mol. The van der Waals surface area contributed by atoms with Crippen molar-refractivity contribution in [1.82, 2.24) is 20.4 Å². The predicted octanol–water partition coefficient (Wildman–Crippen LogP) is 2.15. The molecule has 2 unspecified atom stereocenters. The van der Waals surface area contributed by atoms with Crippen molar-refractivity contribution in [1.29, 1.82) is 0 Å². The summed E-state index contributed by atoms with van der Waals surface area (Å²) in [5.41, 5.74) is 1.12. The van der Waals surface area contributed by atoms with Crippen molar-refractivity contribution in [2.45, 2.75) is 39.4 Å². The van der Waals surface area contributed by atoms with Crippen LogP contribution in [0.4, 0.5) is 4.39 Å². The molecule has 2 N–H and O–H groups in total. The van der Waals surface area contributed by atoms with Gasteiger partial charge in [0.05, 0.1) is 0 Å². The Labute approximate surface area is 157 Å². The van der Waals surface area contributed by atoms with Gasteiger partial charge in [-0.1, -0.05) is 19.1 Å². The van der Waals surface area contributed by atoms with Crippen molar-refractivity contribution in [3.05, 3.63) is 35.6 Å². The Bertz CT molecular complexity index is 572. The molecule has 1 saturated heterocycles. The van der Waals surface area contributed by atoms with Gasteiger partial charge in [-0.3, -0.25) is 9.89 Å². The fraction of sp³-hybridized carbons (Fsp3) is 0.650. The molecule has 0 aliphatic carbocycles. The molecule has 2 atom stereocenters. The Hall–Kier alpha value is -1.66. The minimum atomic E-state index is -0.190. The highest BCUT2D eigenvalue weighted by Crippen LogP contribution is 2.18. The minimum Gasteiger partial charge on any atom is -0.355 e. The van der Waals surface area contributed by atoms with E-state index in [-0.39, 0.29) is 5.82 Å². The molecule has 6 heteroatoms. The van der Waals surface area contributed by atoms with Crippen LogP contribution in [0.3, 0.4) is 0 Å². The molecule has 1 aromatic rings. The SMILES string of the molecule is CN=C(NCCN(C)Cc1ccc(F)cc1)NC1CN(C(C)C)CC1C. The number of rotatable bonds is 7. The summed E-state index contributed by atoms with van der Waals surface area (Å²) in [7, 11) is 3.89. The lowest BCUT2D eigenvalue weighted by molar-refractivity contribution is 0.265. The van der Waals surface area contributed by atoms with Gasteiger partial charge in [0.25, 0.3) is 0 Å². The van der Waals surface area contributed by atoms with E-state index in [4.69, 9.17) is 0 Å². The number of benzene rings is 1. The van der Waals surface area contributed by atoms with Crippen molar-refractivity contribution in [2.75, 3.05) is 40.3 Å². The van der Waals surface area contributed by atoms with Gasteiger partial charge in [0.15, 0.2) is 5.96 Å². The molecule has 5 nitrogen and oxygen atoms in total. The van der Waals surface area contributed by atoms with Crippen molar-refractivity contribution in [3.8, 4) is 0 Å². The van der Waals surface area contributed by atoms with Gasteiger partial charge in [0.1, 0.15) is 5.82 Å². The summed E-state index contributed by atoms with van der Waals surface area (Å²) < 4.78 is 13.0. The molecular formula is C20H34FN5. The summed E-state index contributed by atoms with van der Waals surface area (Å²) in [6, 6.07) is 7.70. The van der Waals surface area contributed by atoms with E-state index in [0.29, 0.717) is 18.0 Å². The van der Waals surface area contributed by atoms with Crippen molar-refractivity contribution in [3.63, 3.8) is 0 Å². The first-order valence-electron chi connectivity index (χ1n) is 9.53. The molecule has 0 bridgehead atoms. The van der Waals surface area contributed by atoms with Crippen LogP contribution in [0, 0.1) is 11.7 Å². The van der Waals surface area contributed by atoms with Gasteiger partial charge >= 0.3 is 0 Å². The van der Waals surface area contributed by atoms with Crippen LogP contribution >= 0.6 is 0 Å². The van der Waals surface area contributed by atoms with Crippen LogP contribution in [0.15, 0.2) is 29.3 Å². The Kier molecular flexibility index (Phi) is 7.85. The Morgan fingerprint density at radius 3 is 2.58 bits per heavy atom. The first-order chi connectivity index (χ1) is 12.4. The lowest BCUT2D eigenvalue weighted by Gasteiger charge is -2.23. The molecule has 1 fully saturated rings. The lowest BCUT2D eigenvalue weighted by atomic mass is 10.1. The van der Waals surface area contributed by atoms with Crippen molar-refractivity contribution >= 4 is 5.96 Å². The Morgan fingerprint density at radius 1 is 1.31 bits per heavy atom. The van der Waals surface area contributed by atoms with Gasteiger partial charge in [-0.15, -0.1) is 0 Å². The predicted molar refractivity (Wildman–Crippen MR) is 107 cm³/mol. The van der Waals surface area contributed by atoms with Crippen LogP contribution in [0.1, 0.15) is 26.3 Å². The number of aliphatic imine (C=N–C) groups is 1. The standard InChI is InChI=1S/C20H34FN5/c1-15(2)26-12-16(3)19(14-26)24-20(22-4)23-10-11-25(5)13-17-6-8-18(21)9-7-17/h6-9,15-16,19H,10-14H2,1-5H3,(H2,22,23,24).